The molecule has 0 bridgehead atoms. The molecule has 0 saturated carbocycles. The van der Waals surface area contributed by atoms with Crippen LogP contribution in [0.15, 0.2) is 53.0 Å². The molecule has 0 spiro atoms. The molecule has 0 radical (unpaired) electrons. The number of rotatable bonds is 7. The summed E-state index contributed by atoms with van der Waals surface area (Å²) in [5.74, 6) is -0.364. The van der Waals surface area contributed by atoms with Crippen molar-refractivity contribution in [3.63, 3.8) is 0 Å². The predicted molar refractivity (Wildman–Crippen MR) is 113 cm³/mol. The van der Waals surface area contributed by atoms with Crippen molar-refractivity contribution in [2.45, 2.75) is 43.9 Å². The van der Waals surface area contributed by atoms with E-state index in [4.69, 9.17) is 0 Å². The van der Waals surface area contributed by atoms with E-state index in [-0.39, 0.29) is 24.3 Å². The maximum Gasteiger partial charge on any atom is 0.318 e. The van der Waals surface area contributed by atoms with Gasteiger partial charge < -0.3 is 20.4 Å². The topological polar surface area (TPSA) is 72.8 Å². The molecule has 7 heteroatoms. The van der Waals surface area contributed by atoms with E-state index in [2.05, 4.69) is 21.2 Å². The van der Waals surface area contributed by atoms with E-state index in [0.29, 0.717) is 13.0 Å². The van der Waals surface area contributed by atoms with Crippen LogP contribution in [0.25, 0.3) is 0 Å². The summed E-state index contributed by atoms with van der Waals surface area (Å²) < 4.78 is 14.4. The molecule has 29 heavy (non-hydrogen) atoms. The Balaban J connectivity index is 1.87. The third-order valence-corrected chi connectivity index (χ3v) is 6.12. The van der Waals surface area contributed by atoms with Gasteiger partial charge in [0, 0.05) is 17.4 Å². The van der Waals surface area contributed by atoms with Gasteiger partial charge >= 0.3 is 6.03 Å². The Bertz CT molecular complexity index is 831. The van der Waals surface area contributed by atoms with Gasteiger partial charge in [-0.15, -0.1) is 0 Å². The number of nitrogens with zero attached hydrogens (tertiary/aromatic N) is 1. The molecule has 2 amide bonds. The summed E-state index contributed by atoms with van der Waals surface area (Å²) in [6.07, 6.45) is 0.469. The third kappa shape index (κ3) is 4.79. The normalized spacial score (nSPS) is 21.6. The number of amides is 2. The molecule has 3 N–H and O–H groups in total. The molecule has 156 valence electrons. The fraction of sp³-hybridized carbons (Fsp3) is 0.409. The average molecular weight is 465 g/mol. The van der Waals surface area contributed by atoms with Crippen LogP contribution in [-0.4, -0.2) is 40.4 Å². The summed E-state index contributed by atoms with van der Waals surface area (Å²) in [5, 5.41) is 22.5. The molecule has 2 aromatic rings. The van der Waals surface area contributed by atoms with E-state index >= 15 is 0 Å². The second kappa shape index (κ2) is 9.24. The predicted octanol–water partition coefficient (Wildman–Crippen LogP) is 4.09. The summed E-state index contributed by atoms with van der Waals surface area (Å²) >= 11 is 3.44. The van der Waals surface area contributed by atoms with Gasteiger partial charge in [0.05, 0.1) is 24.3 Å². The van der Waals surface area contributed by atoms with Crippen LogP contribution >= 0.6 is 15.9 Å². The summed E-state index contributed by atoms with van der Waals surface area (Å²) in [6.45, 7) is 2.12. The molecule has 0 aliphatic carbocycles. The Morgan fingerprint density at radius 2 is 1.86 bits per heavy atom. The quantitative estimate of drug-likeness (QED) is 0.577. The fourth-order valence-electron chi connectivity index (χ4n) is 4.09. The van der Waals surface area contributed by atoms with Gasteiger partial charge in [-0.05, 0) is 48.2 Å². The van der Waals surface area contributed by atoms with Crippen LogP contribution in [0.5, 0.6) is 0 Å². The molecule has 3 unspecified atom stereocenters. The van der Waals surface area contributed by atoms with E-state index in [1.807, 2.05) is 31.2 Å². The fourth-order valence-corrected chi connectivity index (χ4v) is 4.36. The second-order valence-corrected chi connectivity index (χ2v) is 8.39. The Kier molecular flexibility index (Phi) is 6.93. The molecule has 1 aliphatic heterocycles. The van der Waals surface area contributed by atoms with Crippen molar-refractivity contribution < 1.29 is 19.4 Å². The third-order valence-electron chi connectivity index (χ3n) is 5.60. The number of halogens is 2. The smallest absolute Gasteiger partial charge is 0.318 e. The van der Waals surface area contributed by atoms with Gasteiger partial charge in [0.25, 0.3) is 0 Å². The van der Waals surface area contributed by atoms with Crippen molar-refractivity contribution in [1.82, 2.24) is 10.2 Å². The highest BCUT2D eigenvalue weighted by Gasteiger charge is 2.42. The zero-order valence-corrected chi connectivity index (χ0v) is 17.9. The number of carbonyl (C=O) groups excluding carboxylic acids is 1. The molecule has 5 nitrogen and oxygen atoms in total. The van der Waals surface area contributed by atoms with E-state index in [1.165, 1.54) is 12.1 Å². The maximum absolute atomic E-state index is 13.4. The van der Waals surface area contributed by atoms with E-state index in [9.17, 15) is 19.4 Å². The van der Waals surface area contributed by atoms with Gasteiger partial charge in [-0.25, -0.2) is 9.18 Å². The minimum atomic E-state index is -0.986. The lowest BCUT2D eigenvalue weighted by atomic mass is 9.80. The number of aliphatic hydroxyl groups excluding tert-OH is 2. The number of carbonyl (C=O) groups is 1. The molecule has 1 heterocycles. The highest BCUT2D eigenvalue weighted by Crippen LogP contribution is 2.37. The van der Waals surface area contributed by atoms with Crippen molar-refractivity contribution in [3.05, 3.63) is 69.9 Å². The summed E-state index contributed by atoms with van der Waals surface area (Å²) in [6, 6.07) is 13.6. The second-order valence-electron chi connectivity index (χ2n) is 7.48. The van der Waals surface area contributed by atoms with Gasteiger partial charge in [-0.1, -0.05) is 47.1 Å². The van der Waals surface area contributed by atoms with Crippen LogP contribution in [0.3, 0.4) is 0 Å². The van der Waals surface area contributed by atoms with Crippen LogP contribution in [-0.2, 0) is 5.54 Å². The van der Waals surface area contributed by atoms with Gasteiger partial charge in [-0.3, -0.25) is 0 Å². The van der Waals surface area contributed by atoms with E-state index in [1.54, 1.807) is 17.0 Å². The first-order chi connectivity index (χ1) is 13.9. The van der Waals surface area contributed by atoms with Crippen LogP contribution in [0.1, 0.15) is 43.4 Å². The highest BCUT2D eigenvalue weighted by molar-refractivity contribution is 9.10. The molecule has 3 atom stereocenters. The first-order valence-electron chi connectivity index (χ1n) is 9.77. The lowest BCUT2D eigenvalue weighted by molar-refractivity contribution is 0.0430. The molecule has 1 saturated heterocycles. The number of hydrogen-bond donors (Lipinski definition) is 3. The average Bonchev–Trinajstić information content (AvgIpc) is 2.71. The SMILES string of the molecule is CCC(c1ccc(Br)cc1)N1CCC(CC(O)CO)(c2ccc(F)cc2)NC1=O. The van der Waals surface area contributed by atoms with E-state index in [0.717, 1.165) is 22.0 Å². The maximum atomic E-state index is 13.4. The zero-order chi connectivity index (χ0) is 21.0. The van der Waals surface area contributed by atoms with Gasteiger partial charge in [0.2, 0.25) is 0 Å². The molecule has 3 rings (SSSR count). The Morgan fingerprint density at radius 1 is 1.21 bits per heavy atom. The molecule has 1 aliphatic rings. The van der Waals surface area contributed by atoms with Crippen molar-refractivity contribution >= 4 is 22.0 Å². The van der Waals surface area contributed by atoms with Crippen LogP contribution in [0.2, 0.25) is 0 Å². The van der Waals surface area contributed by atoms with Crippen molar-refractivity contribution in [2.24, 2.45) is 0 Å². The first-order valence-corrected chi connectivity index (χ1v) is 10.6. The Hall–Kier alpha value is -1.96. The lowest BCUT2D eigenvalue weighted by Crippen LogP contribution is -2.59. The largest absolute Gasteiger partial charge is 0.394 e. The van der Waals surface area contributed by atoms with Crippen LogP contribution in [0.4, 0.5) is 9.18 Å². The molecule has 1 fully saturated rings. The van der Waals surface area contributed by atoms with E-state index < -0.39 is 18.2 Å². The number of hydrogen-bond acceptors (Lipinski definition) is 3. The van der Waals surface area contributed by atoms with Crippen LogP contribution < -0.4 is 5.32 Å². The Labute approximate surface area is 178 Å². The van der Waals surface area contributed by atoms with Crippen molar-refractivity contribution in [3.8, 4) is 0 Å². The lowest BCUT2D eigenvalue weighted by Gasteiger charge is -2.46. The summed E-state index contributed by atoms with van der Waals surface area (Å²) in [5.41, 5.74) is 0.910. The zero-order valence-electron chi connectivity index (χ0n) is 16.3. The monoisotopic (exact) mass is 464 g/mol. The van der Waals surface area contributed by atoms with Crippen LogP contribution in [0, 0.1) is 5.82 Å². The number of nitrogens with one attached hydrogen (secondary N) is 1. The molecule has 2 aromatic carbocycles. The van der Waals surface area contributed by atoms with Crippen molar-refractivity contribution in [1.29, 1.82) is 0 Å². The van der Waals surface area contributed by atoms with Gasteiger partial charge in [0.15, 0.2) is 0 Å². The molecule has 0 aromatic heterocycles. The number of benzene rings is 2. The number of urea groups is 1. The minimum Gasteiger partial charge on any atom is -0.394 e. The summed E-state index contributed by atoms with van der Waals surface area (Å²) in [4.78, 5) is 14.9. The minimum absolute atomic E-state index is 0.0721. The Morgan fingerprint density at radius 3 is 2.41 bits per heavy atom. The van der Waals surface area contributed by atoms with Gasteiger partial charge in [-0.2, -0.15) is 0 Å². The van der Waals surface area contributed by atoms with Crippen molar-refractivity contribution in [2.75, 3.05) is 13.2 Å². The summed E-state index contributed by atoms with van der Waals surface area (Å²) in [7, 11) is 0. The van der Waals surface area contributed by atoms with Gasteiger partial charge in [0.1, 0.15) is 5.82 Å². The highest BCUT2D eigenvalue weighted by atomic mass is 79.9. The number of aliphatic hydroxyl groups is 2. The standard InChI is InChI=1S/C22H26BrFN2O3/c1-2-20(15-3-7-17(23)8-4-15)26-12-11-22(25-21(26)29,13-19(28)14-27)16-5-9-18(24)10-6-16/h3-10,19-20,27-28H,2,11-14H2,1H3,(H,25,29). The first kappa shape index (κ1) is 21.7. The molecular formula is C22H26BrFN2O3. The molecular weight excluding hydrogens is 439 g/mol.